The molecule has 170 valence electrons. The monoisotopic (exact) mass is 462 g/mol. The maximum atomic E-state index is 13.3. The second-order valence-corrected chi connectivity index (χ2v) is 9.66. The van der Waals surface area contributed by atoms with Gasteiger partial charge in [-0.1, -0.05) is 36.4 Å². The molecule has 3 aromatic rings. The molecule has 5 rings (SSSR count). The zero-order chi connectivity index (χ0) is 23.1. The first-order valence-corrected chi connectivity index (χ1v) is 12.0. The number of ether oxygens (including phenoxy) is 1. The number of likely N-dealkylation sites (tertiary alicyclic amines) is 1. The van der Waals surface area contributed by atoms with Crippen molar-refractivity contribution in [2.45, 2.75) is 44.4 Å². The highest BCUT2D eigenvalue weighted by Gasteiger charge is 2.63. The number of hydrogen-bond acceptors (Lipinski definition) is 6. The van der Waals surface area contributed by atoms with Crippen LogP contribution in [0.4, 0.5) is 4.79 Å². The number of carbonyl (C=O) groups is 2. The third kappa shape index (κ3) is 3.49. The molecule has 1 aromatic carbocycles. The number of piperidine rings is 1. The summed E-state index contributed by atoms with van der Waals surface area (Å²) in [5, 5.41) is 0. The van der Waals surface area contributed by atoms with Crippen LogP contribution in [-0.4, -0.2) is 50.5 Å². The van der Waals surface area contributed by atoms with E-state index in [1.54, 1.807) is 17.9 Å². The van der Waals surface area contributed by atoms with Gasteiger partial charge in [0.1, 0.15) is 16.0 Å². The third-order valence-electron chi connectivity index (χ3n) is 7.13. The minimum Gasteiger partial charge on any atom is -0.440 e. The van der Waals surface area contributed by atoms with Crippen molar-refractivity contribution in [1.29, 1.82) is 0 Å². The molecule has 0 radical (unpaired) electrons. The van der Waals surface area contributed by atoms with Crippen LogP contribution in [0.15, 0.2) is 60.4 Å². The maximum absolute atomic E-state index is 13.3. The average molecular weight is 463 g/mol. The molecule has 1 unspecified atom stereocenters. The molecular formula is C25H26N4O3S. The van der Waals surface area contributed by atoms with E-state index in [1.807, 2.05) is 47.1 Å². The van der Waals surface area contributed by atoms with Crippen LogP contribution in [0.2, 0.25) is 0 Å². The Hall–Kier alpha value is -3.26. The lowest BCUT2D eigenvalue weighted by Crippen LogP contribution is -2.58. The van der Waals surface area contributed by atoms with Gasteiger partial charge in [-0.2, -0.15) is 0 Å². The SMILES string of the molecule is Cc1ncsc1C(=O)N1CCC2(CC1)OC(=O)N(Cc1cccnc1)C2(C)c1ccccc1. The van der Waals surface area contributed by atoms with Gasteiger partial charge in [0.2, 0.25) is 0 Å². The summed E-state index contributed by atoms with van der Waals surface area (Å²) in [5.41, 5.74) is 3.02. The second kappa shape index (κ2) is 8.26. The van der Waals surface area contributed by atoms with Gasteiger partial charge in [0.25, 0.3) is 5.91 Å². The highest BCUT2D eigenvalue weighted by atomic mass is 32.1. The van der Waals surface area contributed by atoms with E-state index >= 15 is 0 Å². The van der Waals surface area contributed by atoms with Crippen molar-refractivity contribution in [3.63, 3.8) is 0 Å². The molecule has 4 heterocycles. The number of thiazole rings is 1. The number of aromatic nitrogens is 2. The van der Waals surface area contributed by atoms with Crippen LogP contribution in [0.5, 0.6) is 0 Å². The Morgan fingerprint density at radius 1 is 1.15 bits per heavy atom. The van der Waals surface area contributed by atoms with Crippen molar-refractivity contribution >= 4 is 23.3 Å². The lowest BCUT2D eigenvalue weighted by Gasteiger charge is -2.48. The first-order valence-electron chi connectivity index (χ1n) is 11.1. The summed E-state index contributed by atoms with van der Waals surface area (Å²) >= 11 is 1.37. The Labute approximate surface area is 197 Å². The molecule has 0 aliphatic carbocycles. The van der Waals surface area contributed by atoms with Gasteiger partial charge in [-0.05, 0) is 31.0 Å². The molecule has 7 nitrogen and oxygen atoms in total. The van der Waals surface area contributed by atoms with Gasteiger partial charge < -0.3 is 9.64 Å². The largest absolute Gasteiger partial charge is 0.440 e. The molecule has 0 saturated carbocycles. The van der Waals surface area contributed by atoms with Crippen LogP contribution in [0, 0.1) is 6.92 Å². The van der Waals surface area contributed by atoms with Gasteiger partial charge in [0.15, 0.2) is 0 Å². The van der Waals surface area contributed by atoms with Gasteiger partial charge in [-0.15, -0.1) is 11.3 Å². The van der Waals surface area contributed by atoms with Gasteiger partial charge in [-0.3, -0.25) is 14.7 Å². The number of nitrogens with zero attached hydrogens (tertiary/aromatic N) is 4. The zero-order valence-electron chi connectivity index (χ0n) is 18.7. The molecule has 2 fully saturated rings. The molecule has 2 saturated heterocycles. The van der Waals surface area contributed by atoms with E-state index in [2.05, 4.69) is 29.0 Å². The van der Waals surface area contributed by atoms with Crippen molar-refractivity contribution in [1.82, 2.24) is 19.8 Å². The van der Waals surface area contributed by atoms with Gasteiger partial charge in [0.05, 0.1) is 17.7 Å². The predicted molar refractivity (Wildman–Crippen MR) is 125 cm³/mol. The molecule has 0 bridgehead atoms. The molecule has 2 aromatic heterocycles. The van der Waals surface area contributed by atoms with Crippen LogP contribution >= 0.6 is 11.3 Å². The van der Waals surface area contributed by atoms with Crippen LogP contribution < -0.4 is 0 Å². The average Bonchev–Trinajstić information content (AvgIpc) is 3.36. The maximum Gasteiger partial charge on any atom is 0.411 e. The van der Waals surface area contributed by atoms with Crippen molar-refractivity contribution in [2.24, 2.45) is 0 Å². The normalized spacial score (nSPS) is 21.9. The number of carbonyl (C=O) groups excluding carboxylic acids is 2. The van der Waals surface area contributed by atoms with Crippen LogP contribution in [-0.2, 0) is 16.8 Å². The van der Waals surface area contributed by atoms with E-state index < -0.39 is 11.1 Å². The second-order valence-electron chi connectivity index (χ2n) is 8.81. The lowest BCUT2D eigenvalue weighted by molar-refractivity contribution is -0.0550. The summed E-state index contributed by atoms with van der Waals surface area (Å²) in [5.74, 6) is 0.00260. The number of hydrogen-bond donors (Lipinski definition) is 0. The molecule has 1 atom stereocenters. The summed E-state index contributed by atoms with van der Waals surface area (Å²) < 4.78 is 6.21. The lowest BCUT2D eigenvalue weighted by atomic mass is 9.70. The number of benzene rings is 1. The van der Waals surface area contributed by atoms with Crippen molar-refractivity contribution in [2.75, 3.05) is 13.1 Å². The third-order valence-corrected chi connectivity index (χ3v) is 8.04. The minimum absolute atomic E-state index is 0.00260. The zero-order valence-corrected chi connectivity index (χ0v) is 19.5. The Morgan fingerprint density at radius 3 is 2.55 bits per heavy atom. The Kier molecular flexibility index (Phi) is 5.40. The summed E-state index contributed by atoms with van der Waals surface area (Å²) in [6.07, 6.45) is 4.31. The summed E-state index contributed by atoms with van der Waals surface area (Å²) in [4.78, 5) is 39.1. The van der Waals surface area contributed by atoms with Crippen LogP contribution in [0.1, 0.15) is 46.3 Å². The van der Waals surface area contributed by atoms with E-state index in [0.29, 0.717) is 37.4 Å². The molecule has 0 N–H and O–H groups in total. The van der Waals surface area contributed by atoms with Crippen molar-refractivity contribution in [3.8, 4) is 0 Å². The van der Waals surface area contributed by atoms with Gasteiger partial charge in [0, 0.05) is 38.3 Å². The first-order chi connectivity index (χ1) is 15.9. The van der Waals surface area contributed by atoms with Crippen molar-refractivity contribution in [3.05, 3.63) is 82.1 Å². The smallest absolute Gasteiger partial charge is 0.411 e. The molecule has 2 amide bonds. The number of aryl methyl sites for hydroxylation is 1. The molecule has 8 heteroatoms. The fourth-order valence-electron chi connectivity index (χ4n) is 5.14. The fraction of sp³-hybridized carbons (Fsp3) is 0.360. The van der Waals surface area contributed by atoms with Gasteiger partial charge >= 0.3 is 6.09 Å². The molecule has 2 aliphatic heterocycles. The van der Waals surface area contributed by atoms with E-state index in [9.17, 15) is 9.59 Å². The Morgan fingerprint density at radius 2 is 1.91 bits per heavy atom. The Balaban J connectivity index is 1.47. The van der Waals surface area contributed by atoms with E-state index in [-0.39, 0.29) is 12.0 Å². The fourth-order valence-corrected chi connectivity index (χ4v) is 5.91. The molecule has 33 heavy (non-hydrogen) atoms. The minimum atomic E-state index is -0.729. The molecule has 1 spiro atoms. The standard InChI is InChI=1S/C25H26N4O3S/c1-18-21(33-17-27-18)22(30)28-13-10-25(11-14-28)24(2,20-8-4-3-5-9-20)29(23(31)32-25)16-19-7-6-12-26-15-19/h3-9,12,15,17H,10-11,13-14,16H2,1-2H3. The van der Waals surface area contributed by atoms with Crippen molar-refractivity contribution < 1.29 is 14.3 Å². The first kappa shape index (κ1) is 21.6. The van der Waals surface area contributed by atoms with Gasteiger partial charge in [-0.25, -0.2) is 9.78 Å². The summed E-state index contributed by atoms with van der Waals surface area (Å²) in [6, 6.07) is 13.9. The highest BCUT2D eigenvalue weighted by molar-refractivity contribution is 7.11. The van der Waals surface area contributed by atoms with E-state index in [1.165, 1.54) is 11.3 Å². The molecular weight excluding hydrogens is 436 g/mol. The topological polar surface area (TPSA) is 75.6 Å². The number of rotatable bonds is 4. The van der Waals surface area contributed by atoms with E-state index in [4.69, 9.17) is 4.74 Å². The number of amides is 2. The Bertz CT molecular complexity index is 1160. The molecule has 2 aliphatic rings. The highest BCUT2D eigenvalue weighted by Crippen LogP contribution is 2.52. The summed E-state index contributed by atoms with van der Waals surface area (Å²) in [6.45, 7) is 5.40. The summed E-state index contributed by atoms with van der Waals surface area (Å²) in [7, 11) is 0. The van der Waals surface area contributed by atoms with Crippen LogP contribution in [0.25, 0.3) is 0 Å². The van der Waals surface area contributed by atoms with E-state index in [0.717, 1.165) is 16.8 Å². The predicted octanol–water partition coefficient (Wildman–Crippen LogP) is 4.39. The quantitative estimate of drug-likeness (QED) is 0.575. The number of pyridine rings is 1. The van der Waals surface area contributed by atoms with Crippen LogP contribution in [0.3, 0.4) is 0 Å².